The SMILES string of the molecule is CC(C)c1nn(C)c(Cl)c1CNCc1ccc([C@@H](C)O)cc1. The first-order chi connectivity index (χ1) is 10.4. The van der Waals surface area contributed by atoms with Gasteiger partial charge < -0.3 is 10.4 Å². The van der Waals surface area contributed by atoms with Gasteiger partial charge in [0.05, 0.1) is 11.8 Å². The molecule has 0 spiro atoms. The Kier molecular flexibility index (Phi) is 5.62. The van der Waals surface area contributed by atoms with Crippen molar-refractivity contribution in [3.8, 4) is 0 Å². The Hall–Kier alpha value is -1.36. The van der Waals surface area contributed by atoms with Crippen LogP contribution >= 0.6 is 11.6 Å². The van der Waals surface area contributed by atoms with E-state index in [1.54, 1.807) is 11.6 Å². The van der Waals surface area contributed by atoms with E-state index in [-0.39, 0.29) is 0 Å². The molecule has 1 atom stereocenters. The van der Waals surface area contributed by atoms with Gasteiger partial charge in [-0.1, -0.05) is 49.7 Å². The van der Waals surface area contributed by atoms with E-state index in [1.165, 1.54) is 5.56 Å². The van der Waals surface area contributed by atoms with Gasteiger partial charge in [-0.3, -0.25) is 4.68 Å². The minimum Gasteiger partial charge on any atom is -0.389 e. The summed E-state index contributed by atoms with van der Waals surface area (Å²) in [6, 6.07) is 7.98. The van der Waals surface area contributed by atoms with Crippen LogP contribution in [0.1, 0.15) is 55.2 Å². The zero-order valence-corrected chi connectivity index (χ0v) is 14.4. The van der Waals surface area contributed by atoms with Gasteiger partial charge in [-0.15, -0.1) is 0 Å². The molecule has 0 fully saturated rings. The molecule has 0 aliphatic rings. The van der Waals surface area contributed by atoms with Crippen LogP contribution in [-0.2, 0) is 20.1 Å². The van der Waals surface area contributed by atoms with Gasteiger partial charge in [-0.25, -0.2) is 0 Å². The monoisotopic (exact) mass is 321 g/mol. The van der Waals surface area contributed by atoms with E-state index in [4.69, 9.17) is 11.6 Å². The van der Waals surface area contributed by atoms with Gasteiger partial charge in [-0.05, 0) is 24.0 Å². The van der Waals surface area contributed by atoms with E-state index in [0.29, 0.717) is 17.6 Å². The number of nitrogens with one attached hydrogen (secondary N) is 1. The van der Waals surface area contributed by atoms with E-state index in [2.05, 4.69) is 24.3 Å². The highest BCUT2D eigenvalue weighted by atomic mass is 35.5. The Morgan fingerprint density at radius 1 is 1.18 bits per heavy atom. The Bertz CT molecular complexity index is 618. The molecule has 2 N–H and O–H groups in total. The Balaban J connectivity index is 1.99. The van der Waals surface area contributed by atoms with E-state index >= 15 is 0 Å². The molecule has 1 aromatic carbocycles. The maximum absolute atomic E-state index is 9.52. The van der Waals surface area contributed by atoms with Crippen molar-refractivity contribution in [1.82, 2.24) is 15.1 Å². The molecule has 120 valence electrons. The molecular formula is C17H24ClN3O. The molecule has 0 saturated carbocycles. The summed E-state index contributed by atoms with van der Waals surface area (Å²) >= 11 is 6.33. The highest BCUT2D eigenvalue weighted by Crippen LogP contribution is 2.25. The third kappa shape index (κ3) is 3.88. The first-order valence-electron chi connectivity index (χ1n) is 7.59. The van der Waals surface area contributed by atoms with Crippen molar-refractivity contribution in [2.75, 3.05) is 0 Å². The van der Waals surface area contributed by atoms with Crippen LogP contribution in [-0.4, -0.2) is 14.9 Å². The molecule has 22 heavy (non-hydrogen) atoms. The maximum Gasteiger partial charge on any atom is 0.131 e. The smallest absolute Gasteiger partial charge is 0.131 e. The van der Waals surface area contributed by atoms with E-state index < -0.39 is 6.10 Å². The first kappa shape index (κ1) is 17.0. The number of halogens is 1. The number of aliphatic hydroxyl groups excluding tert-OH is 1. The molecule has 2 aromatic rings. The molecule has 0 amide bonds. The second kappa shape index (κ2) is 7.27. The van der Waals surface area contributed by atoms with Crippen molar-refractivity contribution in [3.05, 3.63) is 51.8 Å². The molecule has 0 aliphatic heterocycles. The predicted octanol–water partition coefficient (Wildman–Crippen LogP) is 3.54. The van der Waals surface area contributed by atoms with Crippen molar-refractivity contribution < 1.29 is 5.11 Å². The Labute approximate surface area is 137 Å². The quantitative estimate of drug-likeness (QED) is 0.855. The van der Waals surface area contributed by atoms with Crippen molar-refractivity contribution in [2.45, 2.75) is 45.9 Å². The molecule has 0 radical (unpaired) electrons. The standard InChI is InChI=1S/C17H24ClN3O/c1-11(2)16-15(17(18)21(4)20-16)10-19-9-13-5-7-14(8-6-13)12(3)22/h5-8,11-12,19,22H,9-10H2,1-4H3/t12-/m1/s1. The number of aryl methyl sites for hydroxylation is 1. The topological polar surface area (TPSA) is 50.1 Å². The van der Waals surface area contributed by atoms with Crippen LogP contribution in [0, 0.1) is 0 Å². The fourth-order valence-corrected chi connectivity index (χ4v) is 2.64. The van der Waals surface area contributed by atoms with Crippen molar-refractivity contribution >= 4 is 11.6 Å². The molecule has 0 saturated heterocycles. The first-order valence-corrected chi connectivity index (χ1v) is 7.96. The number of nitrogens with zero attached hydrogens (tertiary/aromatic N) is 2. The second-order valence-electron chi connectivity index (χ2n) is 5.95. The summed E-state index contributed by atoms with van der Waals surface area (Å²) in [6.45, 7) is 7.46. The zero-order chi connectivity index (χ0) is 16.3. The Morgan fingerprint density at radius 2 is 1.82 bits per heavy atom. The van der Waals surface area contributed by atoms with Crippen LogP contribution in [0.3, 0.4) is 0 Å². The van der Waals surface area contributed by atoms with Gasteiger partial charge in [0.1, 0.15) is 5.15 Å². The lowest BCUT2D eigenvalue weighted by Crippen LogP contribution is -2.14. The number of aliphatic hydroxyl groups is 1. The average Bonchev–Trinajstić information content (AvgIpc) is 2.76. The Morgan fingerprint density at radius 3 is 2.36 bits per heavy atom. The minimum absolute atomic E-state index is 0.348. The molecule has 2 rings (SSSR count). The lowest BCUT2D eigenvalue weighted by Gasteiger charge is -2.09. The van der Waals surface area contributed by atoms with E-state index in [1.807, 2.05) is 31.3 Å². The van der Waals surface area contributed by atoms with Gasteiger partial charge >= 0.3 is 0 Å². The van der Waals surface area contributed by atoms with Crippen molar-refractivity contribution in [1.29, 1.82) is 0 Å². The number of hydrogen-bond acceptors (Lipinski definition) is 3. The molecule has 1 aromatic heterocycles. The number of rotatable bonds is 6. The molecule has 0 unspecified atom stereocenters. The summed E-state index contributed by atoms with van der Waals surface area (Å²) in [4.78, 5) is 0. The van der Waals surface area contributed by atoms with Crippen LogP contribution in [0.25, 0.3) is 0 Å². The average molecular weight is 322 g/mol. The van der Waals surface area contributed by atoms with Gasteiger partial charge in [0.15, 0.2) is 0 Å². The molecule has 5 heteroatoms. The number of aromatic nitrogens is 2. The van der Waals surface area contributed by atoms with Crippen LogP contribution in [0.15, 0.2) is 24.3 Å². The number of hydrogen-bond donors (Lipinski definition) is 2. The van der Waals surface area contributed by atoms with E-state index in [0.717, 1.165) is 23.4 Å². The lowest BCUT2D eigenvalue weighted by molar-refractivity contribution is 0.199. The fraction of sp³-hybridized carbons (Fsp3) is 0.471. The van der Waals surface area contributed by atoms with Crippen molar-refractivity contribution in [3.63, 3.8) is 0 Å². The summed E-state index contributed by atoms with van der Waals surface area (Å²) in [6.07, 6.45) is -0.426. The summed E-state index contributed by atoms with van der Waals surface area (Å²) < 4.78 is 1.73. The predicted molar refractivity (Wildman–Crippen MR) is 89.9 cm³/mol. The normalized spacial score (nSPS) is 12.9. The molecule has 4 nitrogen and oxygen atoms in total. The minimum atomic E-state index is -0.426. The fourth-order valence-electron chi connectivity index (χ4n) is 2.44. The van der Waals surface area contributed by atoms with Gasteiger partial charge in [0.2, 0.25) is 0 Å². The zero-order valence-electron chi connectivity index (χ0n) is 13.6. The van der Waals surface area contributed by atoms with Crippen LogP contribution < -0.4 is 5.32 Å². The van der Waals surface area contributed by atoms with Crippen LogP contribution in [0.2, 0.25) is 5.15 Å². The summed E-state index contributed by atoms with van der Waals surface area (Å²) in [5.74, 6) is 0.348. The lowest BCUT2D eigenvalue weighted by atomic mass is 10.1. The van der Waals surface area contributed by atoms with Gasteiger partial charge in [0.25, 0.3) is 0 Å². The highest BCUT2D eigenvalue weighted by molar-refractivity contribution is 6.30. The largest absolute Gasteiger partial charge is 0.389 e. The highest BCUT2D eigenvalue weighted by Gasteiger charge is 2.16. The molecular weight excluding hydrogens is 298 g/mol. The van der Waals surface area contributed by atoms with Crippen LogP contribution in [0.4, 0.5) is 0 Å². The molecule has 1 heterocycles. The second-order valence-corrected chi connectivity index (χ2v) is 6.31. The molecule has 0 aliphatic carbocycles. The molecule has 0 bridgehead atoms. The number of benzene rings is 1. The third-order valence-electron chi connectivity index (χ3n) is 3.74. The van der Waals surface area contributed by atoms with E-state index in [9.17, 15) is 5.11 Å². The third-order valence-corrected chi connectivity index (χ3v) is 4.21. The summed E-state index contributed by atoms with van der Waals surface area (Å²) in [7, 11) is 1.87. The summed E-state index contributed by atoms with van der Waals surface area (Å²) in [5, 5.41) is 18.1. The summed E-state index contributed by atoms with van der Waals surface area (Å²) in [5.41, 5.74) is 4.22. The maximum atomic E-state index is 9.52. The van der Waals surface area contributed by atoms with Gasteiger partial charge in [0, 0.05) is 25.7 Å². The van der Waals surface area contributed by atoms with Gasteiger partial charge in [-0.2, -0.15) is 5.10 Å². The van der Waals surface area contributed by atoms with Crippen molar-refractivity contribution in [2.24, 2.45) is 7.05 Å². The van der Waals surface area contributed by atoms with Crippen LogP contribution in [0.5, 0.6) is 0 Å².